The number of fused-ring (bicyclic) bond motifs is 4. The predicted molar refractivity (Wildman–Crippen MR) is 193 cm³/mol. The average molecular weight is 713 g/mol. The molecular formula is C40H44N2O10. The minimum absolute atomic E-state index is 0.0227. The molecule has 6 unspecified atom stereocenters. The number of phenolic OH excluding ortho intramolecular Hbond substituents is 2. The van der Waals surface area contributed by atoms with E-state index in [1.807, 2.05) is 24.3 Å². The highest BCUT2D eigenvalue weighted by Gasteiger charge is 2.48. The molecule has 52 heavy (non-hydrogen) atoms. The lowest BCUT2D eigenvalue weighted by molar-refractivity contribution is -0.0299. The molecule has 4 aliphatic rings. The second kappa shape index (κ2) is 13.0. The quantitative estimate of drug-likeness (QED) is 0.146. The van der Waals surface area contributed by atoms with Crippen molar-refractivity contribution in [2.75, 3.05) is 49.2 Å². The third-order valence-corrected chi connectivity index (χ3v) is 11.5. The molecule has 6 N–H and O–H groups in total. The van der Waals surface area contributed by atoms with Crippen LogP contribution in [0.15, 0.2) is 36.4 Å². The van der Waals surface area contributed by atoms with Crippen LogP contribution in [0, 0.1) is 0 Å². The summed E-state index contributed by atoms with van der Waals surface area (Å²) in [4.78, 5) is 0. The fourth-order valence-corrected chi connectivity index (χ4v) is 9.29. The number of aliphatic hydroxyl groups excluding tert-OH is 2. The monoisotopic (exact) mass is 712 g/mol. The van der Waals surface area contributed by atoms with E-state index in [1.54, 1.807) is 40.6 Å². The first kappa shape index (κ1) is 34.2. The van der Waals surface area contributed by atoms with Gasteiger partial charge >= 0.3 is 0 Å². The van der Waals surface area contributed by atoms with Crippen molar-refractivity contribution >= 4 is 0 Å². The molecule has 274 valence electrons. The number of hydrogen-bond donors (Lipinski definition) is 6. The highest BCUT2D eigenvalue weighted by atomic mass is 16.5. The van der Waals surface area contributed by atoms with Crippen molar-refractivity contribution in [2.24, 2.45) is 0 Å². The fraction of sp³-hybridized carbons (Fsp3) is 0.400. The lowest BCUT2D eigenvalue weighted by Gasteiger charge is -2.46. The molecule has 0 saturated carbocycles. The largest absolute Gasteiger partial charge is 0.504 e. The molecule has 12 nitrogen and oxygen atoms in total. The van der Waals surface area contributed by atoms with Crippen molar-refractivity contribution in [3.05, 3.63) is 69.8 Å². The second-order valence-corrected chi connectivity index (χ2v) is 13.8. The number of ether oxygens (including phenoxy) is 6. The van der Waals surface area contributed by atoms with Gasteiger partial charge in [-0.05, 0) is 83.5 Å². The lowest BCUT2D eigenvalue weighted by Crippen LogP contribution is -2.55. The molecule has 0 bridgehead atoms. The van der Waals surface area contributed by atoms with E-state index in [4.69, 9.17) is 28.4 Å². The molecule has 2 aliphatic carbocycles. The van der Waals surface area contributed by atoms with E-state index in [0.29, 0.717) is 82.4 Å². The molecule has 12 heteroatoms. The fourth-order valence-electron chi connectivity index (χ4n) is 9.29. The summed E-state index contributed by atoms with van der Waals surface area (Å²) in [6, 6.07) is 9.83. The third kappa shape index (κ3) is 4.81. The van der Waals surface area contributed by atoms with Crippen molar-refractivity contribution in [1.82, 2.24) is 10.6 Å². The number of methoxy groups -OCH3 is 6. The van der Waals surface area contributed by atoms with E-state index < -0.39 is 30.2 Å². The van der Waals surface area contributed by atoms with Crippen LogP contribution in [0.25, 0.3) is 22.3 Å². The van der Waals surface area contributed by atoms with Crippen molar-refractivity contribution in [3.63, 3.8) is 0 Å². The van der Waals surface area contributed by atoms with Gasteiger partial charge in [0.1, 0.15) is 0 Å². The summed E-state index contributed by atoms with van der Waals surface area (Å²) in [5, 5.41) is 55.1. The maximum Gasteiger partial charge on any atom is 0.169 e. The van der Waals surface area contributed by atoms with Crippen LogP contribution < -0.4 is 39.1 Å². The minimum atomic E-state index is -1.28. The average Bonchev–Trinajstić information content (AvgIpc) is 3.16. The SMILES string of the molecule is COc1ccc2c(c1O)-c1c(OC)c(OC)cc3c1C(C2)NC(C(O)C(O)C1c2ccc(OC)c(O)c2-c2c(OC)c(OC)cc4c2C1NCC4)C3. The van der Waals surface area contributed by atoms with E-state index >= 15 is 0 Å². The number of benzene rings is 4. The van der Waals surface area contributed by atoms with Crippen LogP contribution in [0.2, 0.25) is 0 Å². The molecule has 2 heterocycles. The highest BCUT2D eigenvalue weighted by molar-refractivity contribution is 5.90. The van der Waals surface area contributed by atoms with Gasteiger partial charge in [0.15, 0.2) is 46.0 Å². The zero-order valence-electron chi connectivity index (χ0n) is 30.0. The lowest BCUT2D eigenvalue weighted by atomic mass is 9.67. The molecule has 8 rings (SSSR count). The molecular weight excluding hydrogens is 668 g/mol. The molecule has 4 aromatic rings. The van der Waals surface area contributed by atoms with E-state index in [2.05, 4.69) is 10.6 Å². The first-order valence-corrected chi connectivity index (χ1v) is 17.4. The maximum absolute atomic E-state index is 12.4. The Hall–Kier alpha value is -4.88. The predicted octanol–water partition coefficient (Wildman–Crippen LogP) is 4.30. The Morgan fingerprint density at radius 3 is 1.85 bits per heavy atom. The van der Waals surface area contributed by atoms with E-state index in [-0.39, 0.29) is 23.3 Å². The zero-order chi connectivity index (χ0) is 36.6. The van der Waals surface area contributed by atoms with Gasteiger partial charge in [0.05, 0.1) is 54.9 Å². The summed E-state index contributed by atoms with van der Waals surface area (Å²) in [6.45, 7) is 0.641. The van der Waals surface area contributed by atoms with E-state index in [0.717, 1.165) is 27.8 Å². The molecule has 0 fully saturated rings. The number of aromatic hydroxyl groups is 2. The molecule has 2 aliphatic heterocycles. The smallest absolute Gasteiger partial charge is 0.169 e. The zero-order valence-corrected chi connectivity index (χ0v) is 30.0. The summed E-state index contributed by atoms with van der Waals surface area (Å²) < 4.78 is 34.4. The Labute approximate surface area is 301 Å². The number of rotatable bonds is 9. The van der Waals surface area contributed by atoms with Crippen LogP contribution in [0.3, 0.4) is 0 Å². The van der Waals surface area contributed by atoms with Crippen LogP contribution in [-0.4, -0.2) is 87.9 Å². The van der Waals surface area contributed by atoms with Gasteiger partial charge in [-0.1, -0.05) is 12.1 Å². The van der Waals surface area contributed by atoms with Crippen LogP contribution in [-0.2, 0) is 19.3 Å². The van der Waals surface area contributed by atoms with Crippen LogP contribution in [0.4, 0.5) is 0 Å². The normalized spacial score (nSPS) is 21.8. The summed E-state index contributed by atoms with van der Waals surface area (Å²) >= 11 is 0. The van der Waals surface area contributed by atoms with Crippen LogP contribution in [0.1, 0.15) is 51.4 Å². The summed E-state index contributed by atoms with van der Waals surface area (Å²) in [6.07, 6.45) is -0.950. The van der Waals surface area contributed by atoms with Crippen LogP contribution in [0.5, 0.6) is 46.0 Å². The van der Waals surface area contributed by atoms with Crippen molar-refractivity contribution < 1.29 is 48.8 Å². The van der Waals surface area contributed by atoms with E-state index in [1.165, 1.54) is 14.2 Å². The Morgan fingerprint density at radius 2 is 1.21 bits per heavy atom. The van der Waals surface area contributed by atoms with Crippen molar-refractivity contribution in [1.29, 1.82) is 0 Å². The standard InChI is InChI=1S/C40H44N2O10/c1-47-23-9-7-17-13-21-27-19(16-26(50-4)39(51-5)32(27)29(17)36(23)44)14-22(42-21)35(43)38(46)31-20-8-10-24(48-2)37(45)30(20)33-28-18(11-12-41-34(28)31)15-25(49-3)40(33)52-6/h7-10,15-16,21-22,31,34-35,38,41-46H,11-14H2,1-6H3. The minimum Gasteiger partial charge on any atom is -0.504 e. The molecule has 0 radical (unpaired) electrons. The molecule has 0 amide bonds. The summed E-state index contributed by atoms with van der Waals surface area (Å²) in [5.41, 5.74) is 7.77. The second-order valence-electron chi connectivity index (χ2n) is 13.8. The van der Waals surface area contributed by atoms with E-state index in [9.17, 15) is 20.4 Å². The Morgan fingerprint density at radius 1 is 0.615 bits per heavy atom. The maximum atomic E-state index is 12.4. The van der Waals surface area contributed by atoms with Gasteiger partial charge in [-0.2, -0.15) is 0 Å². The van der Waals surface area contributed by atoms with Gasteiger partial charge in [0.2, 0.25) is 0 Å². The number of phenols is 2. The van der Waals surface area contributed by atoms with Gasteiger partial charge in [0.25, 0.3) is 0 Å². The van der Waals surface area contributed by atoms with Crippen LogP contribution >= 0.6 is 0 Å². The summed E-state index contributed by atoms with van der Waals surface area (Å²) in [7, 11) is 9.30. The van der Waals surface area contributed by atoms with Crippen molar-refractivity contribution in [3.8, 4) is 68.2 Å². The Bertz CT molecular complexity index is 2080. The van der Waals surface area contributed by atoms with Gasteiger partial charge in [-0.25, -0.2) is 0 Å². The van der Waals surface area contributed by atoms with Gasteiger partial charge < -0.3 is 59.5 Å². The molecule has 4 aromatic carbocycles. The van der Waals surface area contributed by atoms with Gasteiger partial charge in [0, 0.05) is 46.3 Å². The topological polar surface area (TPSA) is 160 Å². The third-order valence-electron chi connectivity index (χ3n) is 11.5. The molecule has 0 saturated heterocycles. The van der Waals surface area contributed by atoms with Crippen molar-refractivity contribution in [2.45, 2.75) is 55.5 Å². The Kier molecular flexibility index (Phi) is 8.53. The molecule has 6 atom stereocenters. The number of aliphatic hydroxyl groups is 2. The number of hydrogen-bond acceptors (Lipinski definition) is 12. The first-order chi connectivity index (χ1) is 25.2. The highest BCUT2D eigenvalue weighted by Crippen LogP contribution is 2.60. The number of nitrogens with one attached hydrogen (secondary N) is 2. The molecule has 0 spiro atoms. The van der Waals surface area contributed by atoms with Gasteiger partial charge in [-0.15, -0.1) is 0 Å². The molecule has 0 aromatic heterocycles. The van der Waals surface area contributed by atoms with Gasteiger partial charge in [-0.3, -0.25) is 0 Å². The summed E-state index contributed by atoms with van der Waals surface area (Å²) in [5.74, 6) is 1.92. The Balaban J connectivity index is 1.24. The first-order valence-electron chi connectivity index (χ1n) is 17.4.